The lowest BCUT2D eigenvalue weighted by molar-refractivity contribution is 0.0697. The van der Waals surface area contributed by atoms with Gasteiger partial charge < -0.3 is 5.11 Å². The molecule has 0 aromatic heterocycles. The summed E-state index contributed by atoms with van der Waals surface area (Å²) in [6.07, 6.45) is 0. The van der Waals surface area contributed by atoms with Crippen molar-refractivity contribution in [2.75, 3.05) is 0 Å². The molecule has 55 valence electrons. The zero-order chi connectivity index (χ0) is 7.56. The van der Waals surface area contributed by atoms with Crippen molar-refractivity contribution in [2.24, 2.45) is 0 Å². The van der Waals surface area contributed by atoms with Gasteiger partial charge in [0.25, 0.3) is 0 Å². The second kappa shape index (κ2) is 4.17. The molecule has 3 heteroatoms. The number of aryl methyl sites for hydroxylation is 1. The number of aromatic carboxylic acids is 1. The Hall–Kier alpha value is -0.778. The van der Waals surface area contributed by atoms with Crippen molar-refractivity contribution >= 4 is 23.3 Å². The number of carbonyl (C=O) groups is 1. The van der Waals surface area contributed by atoms with Gasteiger partial charge in [-0.2, -0.15) is 0 Å². The van der Waals surface area contributed by atoms with E-state index in [1.54, 1.807) is 18.2 Å². The molecule has 0 aliphatic heterocycles. The van der Waals surface area contributed by atoms with Crippen LogP contribution in [0.5, 0.6) is 0 Å². The number of hydrogen-bond acceptors (Lipinski definition) is 1. The maximum Gasteiger partial charge on any atom is 0.335 e. The first-order chi connectivity index (χ1) is 4.70. The van der Waals surface area contributed by atoms with E-state index in [1.165, 1.54) is 0 Å². The number of benzene rings is 1. The molecule has 2 nitrogen and oxygen atoms in total. The third-order valence-corrected chi connectivity index (χ3v) is 1.27. The van der Waals surface area contributed by atoms with Crippen LogP contribution in [-0.4, -0.2) is 28.4 Å². The second-order valence-electron chi connectivity index (χ2n) is 2.17. The maximum absolute atomic E-state index is 10.4. The van der Waals surface area contributed by atoms with Gasteiger partial charge in [0.2, 0.25) is 0 Å². The summed E-state index contributed by atoms with van der Waals surface area (Å²) in [5.74, 6) is -0.872. The molecule has 0 spiro atoms. The molecule has 0 heterocycles. The number of carboxylic acid groups (broad SMARTS) is 1. The van der Waals surface area contributed by atoms with Crippen molar-refractivity contribution in [3.63, 3.8) is 0 Å². The summed E-state index contributed by atoms with van der Waals surface area (Å²) in [6.45, 7) is 1.87. The minimum Gasteiger partial charge on any atom is -0.478 e. The van der Waals surface area contributed by atoms with E-state index in [0.717, 1.165) is 5.56 Å². The minimum absolute atomic E-state index is 0. The fraction of sp³-hybridized carbons (Fsp3) is 0.125. The van der Waals surface area contributed by atoms with Crippen molar-refractivity contribution < 1.29 is 9.90 Å². The highest BCUT2D eigenvalue weighted by Gasteiger charge is 1.99. The largest absolute Gasteiger partial charge is 0.478 e. The average Bonchev–Trinajstić information content (AvgIpc) is 1.88. The summed E-state index contributed by atoms with van der Waals surface area (Å²) >= 11 is 0. The molecular formula is C8H8AlO2. The van der Waals surface area contributed by atoms with E-state index >= 15 is 0 Å². The lowest BCUT2D eigenvalue weighted by atomic mass is 10.1. The first-order valence-electron chi connectivity index (χ1n) is 3.00. The lowest BCUT2D eigenvalue weighted by Crippen LogP contribution is -1.95. The van der Waals surface area contributed by atoms with Crippen LogP contribution in [0.1, 0.15) is 15.9 Å². The summed E-state index contributed by atoms with van der Waals surface area (Å²) in [6, 6.07) is 6.82. The second-order valence-corrected chi connectivity index (χ2v) is 2.17. The van der Waals surface area contributed by atoms with Gasteiger partial charge in [-0.3, -0.25) is 0 Å². The van der Waals surface area contributed by atoms with Crippen molar-refractivity contribution in [3.8, 4) is 0 Å². The van der Waals surface area contributed by atoms with E-state index in [1.807, 2.05) is 13.0 Å². The molecule has 0 amide bonds. The Kier molecular flexibility index (Phi) is 3.88. The van der Waals surface area contributed by atoms with Gasteiger partial charge in [0, 0.05) is 17.4 Å². The number of carboxylic acids is 1. The van der Waals surface area contributed by atoms with E-state index in [4.69, 9.17) is 5.11 Å². The van der Waals surface area contributed by atoms with E-state index in [9.17, 15) is 4.79 Å². The summed E-state index contributed by atoms with van der Waals surface area (Å²) in [7, 11) is 0. The van der Waals surface area contributed by atoms with Crippen molar-refractivity contribution in [1.29, 1.82) is 0 Å². The van der Waals surface area contributed by atoms with Crippen LogP contribution in [0.4, 0.5) is 0 Å². The van der Waals surface area contributed by atoms with Gasteiger partial charge in [0.05, 0.1) is 5.56 Å². The highest BCUT2D eigenvalue weighted by molar-refractivity contribution is 5.87. The predicted octanol–water partition coefficient (Wildman–Crippen LogP) is 1.31. The van der Waals surface area contributed by atoms with Gasteiger partial charge in [0.15, 0.2) is 0 Å². The molecule has 0 aliphatic rings. The molecular weight excluding hydrogens is 155 g/mol. The summed E-state index contributed by atoms with van der Waals surface area (Å²) in [4.78, 5) is 10.4. The molecule has 0 aliphatic carbocycles. The van der Waals surface area contributed by atoms with Crippen LogP contribution in [0.25, 0.3) is 0 Å². The van der Waals surface area contributed by atoms with Crippen LogP contribution in [0.2, 0.25) is 0 Å². The first-order valence-corrected chi connectivity index (χ1v) is 3.00. The van der Waals surface area contributed by atoms with Crippen LogP contribution in [0.3, 0.4) is 0 Å². The van der Waals surface area contributed by atoms with Crippen LogP contribution < -0.4 is 0 Å². The summed E-state index contributed by atoms with van der Waals surface area (Å²) in [5, 5.41) is 8.51. The molecule has 0 saturated heterocycles. The molecule has 1 aromatic rings. The van der Waals surface area contributed by atoms with Crippen molar-refractivity contribution in [3.05, 3.63) is 35.4 Å². The fourth-order valence-corrected chi connectivity index (χ4v) is 0.778. The summed E-state index contributed by atoms with van der Waals surface area (Å²) in [5.41, 5.74) is 1.32. The quantitative estimate of drug-likeness (QED) is 0.634. The van der Waals surface area contributed by atoms with Crippen LogP contribution in [-0.2, 0) is 0 Å². The van der Waals surface area contributed by atoms with E-state index in [-0.39, 0.29) is 17.4 Å². The van der Waals surface area contributed by atoms with E-state index in [0.29, 0.717) is 5.56 Å². The molecule has 1 aromatic carbocycles. The van der Waals surface area contributed by atoms with Crippen molar-refractivity contribution in [2.45, 2.75) is 6.92 Å². The highest BCUT2D eigenvalue weighted by atomic mass is 27.0. The fourth-order valence-electron chi connectivity index (χ4n) is 0.778. The SMILES string of the molecule is Cc1cccc(C(=O)O)c1.[Al]. The van der Waals surface area contributed by atoms with E-state index < -0.39 is 5.97 Å². The topological polar surface area (TPSA) is 37.3 Å². The average molecular weight is 163 g/mol. The van der Waals surface area contributed by atoms with Gasteiger partial charge in [0.1, 0.15) is 0 Å². The third-order valence-electron chi connectivity index (χ3n) is 1.27. The Morgan fingerprint density at radius 3 is 2.45 bits per heavy atom. The Labute approximate surface area is 76.0 Å². The Morgan fingerprint density at radius 2 is 2.09 bits per heavy atom. The molecule has 0 unspecified atom stereocenters. The van der Waals surface area contributed by atoms with Gasteiger partial charge >= 0.3 is 5.97 Å². The Morgan fingerprint density at radius 1 is 1.45 bits per heavy atom. The number of hydrogen-bond donors (Lipinski definition) is 1. The monoisotopic (exact) mass is 163 g/mol. The third kappa shape index (κ3) is 2.75. The smallest absolute Gasteiger partial charge is 0.335 e. The zero-order valence-corrected chi connectivity index (χ0v) is 7.40. The standard InChI is InChI=1S/C8H8O2.Al/c1-6-3-2-4-7(5-6)8(9)10;/h2-5H,1H3,(H,9,10);. The van der Waals surface area contributed by atoms with Crippen LogP contribution >= 0.6 is 0 Å². The van der Waals surface area contributed by atoms with Crippen LogP contribution in [0.15, 0.2) is 24.3 Å². The van der Waals surface area contributed by atoms with Gasteiger partial charge in [-0.05, 0) is 19.1 Å². The van der Waals surface area contributed by atoms with Gasteiger partial charge in [-0.1, -0.05) is 17.7 Å². The molecule has 1 rings (SSSR count). The van der Waals surface area contributed by atoms with Gasteiger partial charge in [-0.25, -0.2) is 4.79 Å². The Balaban J connectivity index is 0.000001000. The molecule has 0 saturated carbocycles. The zero-order valence-electron chi connectivity index (χ0n) is 6.24. The molecule has 3 radical (unpaired) electrons. The molecule has 11 heavy (non-hydrogen) atoms. The molecule has 0 atom stereocenters. The molecule has 0 bridgehead atoms. The highest BCUT2D eigenvalue weighted by Crippen LogP contribution is 2.02. The van der Waals surface area contributed by atoms with Crippen LogP contribution in [0, 0.1) is 6.92 Å². The minimum atomic E-state index is -0.872. The van der Waals surface area contributed by atoms with E-state index in [2.05, 4.69) is 0 Å². The summed E-state index contributed by atoms with van der Waals surface area (Å²) < 4.78 is 0. The maximum atomic E-state index is 10.4. The number of rotatable bonds is 1. The normalized spacial score (nSPS) is 8.45. The molecule has 0 fully saturated rings. The van der Waals surface area contributed by atoms with Gasteiger partial charge in [-0.15, -0.1) is 0 Å². The predicted molar refractivity (Wildman–Crippen MR) is 43.9 cm³/mol. The Bertz CT molecular complexity index is 258. The molecule has 1 N–H and O–H groups in total. The lowest BCUT2D eigenvalue weighted by Gasteiger charge is -1.93. The van der Waals surface area contributed by atoms with Crippen molar-refractivity contribution in [1.82, 2.24) is 0 Å². The first kappa shape index (κ1) is 10.2.